The predicted octanol–water partition coefficient (Wildman–Crippen LogP) is 4.80. The summed E-state index contributed by atoms with van der Waals surface area (Å²) in [7, 11) is 0. The number of benzene rings is 1. The van der Waals surface area contributed by atoms with E-state index in [1.165, 1.54) is 12.3 Å². The highest BCUT2D eigenvalue weighted by molar-refractivity contribution is 5.70. The van der Waals surface area contributed by atoms with Crippen LogP contribution >= 0.6 is 0 Å². The molecule has 1 aliphatic rings. The zero-order chi connectivity index (χ0) is 18.8. The van der Waals surface area contributed by atoms with Gasteiger partial charge in [-0.3, -0.25) is 9.88 Å². The summed E-state index contributed by atoms with van der Waals surface area (Å²) in [5.41, 5.74) is 1.13. The first-order valence-corrected chi connectivity index (χ1v) is 8.32. The Balaban J connectivity index is 1.87. The second-order valence-electron chi connectivity index (χ2n) is 6.64. The SMILES string of the molecule is CC(C)C1COC(=O)N1Cc1cncc(-c2ccc(F)c(C(F)F)c2)c1. The molecule has 1 fully saturated rings. The Morgan fingerprint density at radius 3 is 2.69 bits per heavy atom. The van der Waals surface area contributed by atoms with E-state index >= 15 is 0 Å². The Hall–Kier alpha value is -2.57. The lowest BCUT2D eigenvalue weighted by Gasteiger charge is -2.24. The molecule has 138 valence electrons. The second kappa shape index (κ2) is 7.35. The number of hydrogen-bond donors (Lipinski definition) is 0. The topological polar surface area (TPSA) is 42.4 Å². The lowest BCUT2D eigenvalue weighted by Crippen LogP contribution is -2.36. The van der Waals surface area contributed by atoms with E-state index in [0.717, 1.165) is 17.7 Å². The fourth-order valence-corrected chi connectivity index (χ4v) is 3.02. The Labute approximate surface area is 149 Å². The molecule has 26 heavy (non-hydrogen) atoms. The van der Waals surface area contributed by atoms with E-state index in [1.807, 2.05) is 13.8 Å². The van der Waals surface area contributed by atoms with Crippen molar-refractivity contribution >= 4 is 6.09 Å². The summed E-state index contributed by atoms with van der Waals surface area (Å²) in [6.45, 7) is 4.68. The van der Waals surface area contributed by atoms with E-state index < -0.39 is 17.8 Å². The quantitative estimate of drug-likeness (QED) is 0.765. The number of halogens is 3. The van der Waals surface area contributed by atoms with Crippen LogP contribution in [0, 0.1) is 11.7 Å². The van der Waals surface area contributed by atoms with Crippen molar-refractivity contribution in [2.45, 2.75) is 32.9 Å². The van der Waals surface area contributed by atoms with Gasteiger partial charge in [0.05, 0.1) is 18.2 Å². The van der Waals surface area contributed by atoms with Crippen LogP contribution in [0.2, 0.25) is 0 Å². The molecule has 0 saturated carbocycles. The Morgan fingerprint density at radius 1 is 1.23 bits per heavy atom. The summed E-state index contributed by atoms with van der Waals surface area (Å²) in [6, 6.07) is 5.32. The smallest absolute Gasteiger partial charge is 0.410 e. The third-order valence-electron chi connectivity index (χ3n) is 4.49. The number of aromatic nitrogens is 1. The molecule has 1 aliphatic heterocycles. The van der Waals surface area contributed by atoms with Gasteiger partial charge in [-0.2, -0.15) is 0 Å². The summed E-state index contributed by atoms with van der Waals surface area (Å²) in [5, 5.41) is 0. The highest BCUT2D eigenvalue weighted by Gasteiger charge is 2.34. The average molecular weight is 364 g/mol. The van der Waals surface area contributed by atoms with Gasteiger partial charge in [-0.1, -0.05) is 19.9 Å². The first-order chi connectivity index (χ1) is 12.4. The highest BCUT2D eigenvalue weighted by Crippen LogP contribution is 2.29. The van der Waals surface area contributed by atoms with Crippen LogP contribution in [0.15, 0.2) is 36.7 Å². The van der Waals surface area contributed by atoms with Gasteiger partial charge in [0.25, 0.3) is 6.43 Å². The first-order valence-electron chi connectivity index (χ1n) is 8.32. The molecule has 0 bridgehead atoms. The van der Waals surface area contributed by atoms with Crippen molar-refractivity contribution < 1.29 is 22.7 Å². The molecule has 0 radical (unpaired) electrons. The number of carbonyl (C=O) groups is 1. The molecule has 0 aliphatic carbocycles. The molecule has 1 saturated heterocycles. The number of ether oxygens (including phenoxy) is 1. The number of cyclic esters (lactones) is 1. The van der Waals surface area contributed by atoms with Gasteiger partial charge in [0.2, 0.25) is 0 Å². The molecule has 1 atom stereocenters. The lowest BCUT2D eigenvalue weighted by atomic mass is 10.0. The van der Waals surface area contributed by atoms with Gasteiger partial charge in [-0.15, -0.1) is 0 Å². The monoisotopic (exact) mass is 364 g/mol. The van der Waals surface area contributed by atoms with Crippen molar-refractivity contribution in [3.05, 3.63) is 53.6 Å². The van der Waals surface area contributed by atoms with Crippen LogP contribution in [0.5, 0.6) is 0 Å². The van der Waals surface area contributed by atoms with Gasteiger partial charge < -0.3 is 4.74 Å². The fourth-order valence-electron chi connectivity index (χ4n) is 3.02. The maximum Gasteiger partial charge on any atom is 0.410 e. The second-order valence-corrected chi connectivity index (χ2v) is 6.64. The predicted molar refractivity (Wildman–Crippen MR) is 90.1 cm³/mol. The Morgan fingerprint density at radius 2 is 2.00 bits per heavy atom. The highest BCUT2D eigenvalue weighted by atomic mass is 19.3. The minimum Gasteiger partial charge on any atom is -0.447 e. The molecule has 1 aromatic carbocycles. The van der Waals surface area contributed by atoms with E-state index in [0.29, 0.717) is 24.3 Å². The molecular weight excluding hydrogens is 345 g/mol. The van der Waals surface area contributed by atoms with Crippen LogP contribution in [0.4, 0.5) is 18.0 Å². The number of amides is 1. The van der Waals surface area contributed by atoms with Crippen molar-refractivity contribution in [3.8, 4) is 11.1 Å². The number of hydrogen-bond acceptors (Lipinski definition) is 3. The standard InChI is InChI=1S/C19H19F3N2O2/c1-11(2)17-10-26-19(25)24(17)9-12-5-14(8-23-7-12)13-3-4-16(20)15(6-13)18(21)22/h3-8,11,17-18H,9-10H2,1-2H3. The van der Waals surface area contributed by atoms with E-state index in [2.05, 4.69) is 4.98 Å². The van der Waals surface area contributed by atoms with Crippen molar-refractivity contribution in [2.24, 2.45) is 5.92 Å². The number of carbonyl (C=O) groups excluding carboxylic acids is 1. The Bertz CT molecular complexity index is 811. The van der Waals surface area contributed by atoms with E-state index in [4.69, 9.17) is 4.74 Å². The molecule has 1 amide bonds. The van der Waals surface area contributed by atoms with E-state index in [1.54, 1.807) is 17.2 Å². The zero-order valence-corrected chi connectivity index (χ0v) is 14.5. The average Bonchev–Trinajstić information content (AvgIpc) is 2.96. The van der Waals surface area contributed by atoms with Gasteiger partial charge in [0.1, 0.15) is 12.4 Å². The van der Waals surface area contributed by atoms with Crippen LogP contribution < -0.4 is 0 Å². The molecular formula is C19H19F3N2O2. The van der Waals surface area contributed by atoms with Crippen LogP contribution in [-0.4, -0.2) is 28.6 Å². The molecule has 2 heterocycles. The summed E-state index contributed by atoms with van der Waals surface area (Å²) in [6.07, 6.45) is -0.133. The van der Waals surface area contributed by atoms with Crippen molar-refractivity contribution in [3.63, 3.8) is 0 Å². The van der Waals surface area contributed by atoms with Gasteiger partial charge in [0, 0.05) is 18.0 Å². The van der Waals surface area contributed by atoms with Crippen molar-refractivity contribution in [1.29, 1.82) is 0 Å². The van der Waals surface area contributed by atoms with Crippen molar-refractivity contribution in [2.75, 3.05) is 6.61 Å². The van der Waals surface area contributed by atoms with Gasteiger partial charge in [-0.05, 0) is 35.2 Å². The Kier molecular flexibility index (Phi) is 5.15. The molecule has 7 heteroatoms. The molecule has 1 aromatic heterocycles. The van der Waals surface area contributed by atoms with Crippen LogP contribution in [0.25, 0.3) is 11.1 Å². The zero-order valence-electron chi connectivity index (χ0n) is 14.5. The number of nitrogens with zero attached hydrogens (tertiary/aromatic N) is 2. The maximum absolute atomic E-state index is 13.5. The number of rotatable bonds is 5. The van der Waals surface area contributed by atoms with Crippen LogP contribution in [-0.2, 0) is 11.3 Å². The molecule has 3 rings (SSSR count). The minimum absolute atomic E-state index is 0.0255. The largest absolute Gasteiger partial charge is 0.447 e. The lowest BCUT2D eigenvalue weighted by molar-refractivity contribution is 0.146. The molecule has 4 nitrogen and oxygen atoms in total. The van der Waals surface area contributed by atoms with Crippen LogP contribution in [0.1, 0.15) is 31.4 Å². The summed E-state index contributed by atoms with van der Waals surface area (Å²) >= 11 is 0. The minimum atomic E-state index is -2.89. The maximum atomic E-state index is 13.5. The normalized spacial score (nSPS) is 17.3. The first kappa shape index (κ1) is 18.2. The molecule has 2 aromatic rings. The third-order valence-corrected chi connectivity index (χ3v) is 4.49. The van der Waals surface area contributed by atoms with Gasteiger partial charge in [-0.25, -0.2) is 18.0 Å². The fraction of sp³-hybridized carbons (Fsp3) is 0.368. The van der Waals surface area contributed by atoms with Gasteiger partial charge >= 0.3 is 6.09 Å². The number of pyridine rings is 1. The summed E-state index contributed by atoms with van der Waals surface area (Å²) < 4.78 is 44.5. The number of alkyl halides is 2. The van der Waals surface area contributed by atoms with E-state index in [-0.39, 0.29) is 18.1 Å². The van der Waals surface area contributed by atoms with Crippen molar-refractivity contribution in [1.82, 2.24) is 9.88 Å². The van der Waals surface area contributed by atoms with E-state index in [9.17, 15) is 18.0 Å². The molecule has 1 unspecified atom stereocenters. The summed E-state index contributed by atoms with van der Waals surface area (Å²) in [5.74, 6) is -0.698. The van der Waals surface area contributed by atoms with Crippen LogP contribution in [0.3, 0.4) is 0 Å². The molecule has 0 N–H and O–H groups in total. The summed E-state index contributed by atoms with van der Waals surface area (Å²) in [4.78, 5) is 17.7. The third kappa shape index (κ3) is 3.66. The van der Waals surface area contributed by atoms with Gasteiger partial charge in [0.15, 0.2) is 0 Å². The molecule has 0 spiro atoms.